The molecule has 5 heteroatoms. The summed E-state index contributed by atoms with van der Waals surface area (Å²) in [7, 11) is 0. The molecule has 2 rings (SSSR count). The van der Waals surface area contributed by atoms with Gasteiger partial charge in [0, 0.05) is 17.6 Å². The van der Waals surface area contributed by atoms with Crippen LogP contribution in [0.1, 0.15) is 5.56 Å². The van der Waals surface area contributed by atoms with Crippen LogP contribution in [0.5, 0.6) is 11.5 Å². The van der Waals surface area contributed by atoms with Crippen LogP contribution in [0.4, 0.5) is 0 Å². The molecule has 2 nitrogen and oxygen atoms in total. The zero-order chi connectivity index (χ0) is 13.1. The highest BCUT2D eigenvalue weighted by molar-refractivity contribution is 6.34. The lowest BCUT2D eigenvalue weighted by molar-refractivity contribution is 0.483. The van der Waals surface area contributed by atoms with E-state index in [0.717, 1.165) is 5.56 Å². The molecule has 0 aliphatic carbocycles. The normalized spacial score (nSPS) is 10.4. The highest BCUT2D eigenvalue weighted by Crippen LogP contribution is 2.35. The Morgan fingerprint density at radius 2 is 1.67 bits per heavy atom. The first-order chi connectivity index (χ1) is 8.60. The molecule has 18 heavy (non-hydrogen) atoms. The molecule has 0 radical (unpaired) electrons. The Bertz CT molecular complexity index is 572. The van der Waals surface area contributed by atoms with Crippen molar-refractivity contribution in [3.8, 4) is 11.5 Å². The van der Waals surface area contributed by atoms with Crippen LogP contribution >= 0.6 is 34.8 Å². The number of hydrogen-bond donors (Lipinski definition) is 1. The first-order valence-electron chi connectivity index (χ1n) is 5.21. The molecule has 0 aliphatic heterocycles. The van der Waals surface area contributed by atoms with Crippen molar-refractivity contribution in [2.24, 2.45) is 5.73 Å². The monoisotopic (exact) mass is 301 g/mol. The maximum Gasteiger partial charge on any atom is 0.147 e. The lowest BCUT2D eigenvalue weighted by atomic mass is 10.2. The molecular formula is C13H10Cl3NO. The van der Waals surface area contributed by atoms with E-state index in [2.05, 4.69) is 0 Å². The Hall–Kier alpha value is -0.930. The molecule has 2 aromatic rings. The minimum absolute atomic E-state index is 0.428. The van der Waals surface area contributed by atoms with E-state index in [-0.39, 0.29) is 0 Å². The number of rotatable bonds is 3. The van der Waals surface area contributed by atoms with Gasteiger partial charge < -0.3 is 10.5 Å². The van der Waals surface area contributed by atoms with Crippen LogP contribution in [0.2, 0.25) is 15.1 Å². The Morgan fingerprint density at radius 1 is 0.889 bits per heavy atom. The number of nitrogens with two attached hydrogens (primary N) is 1. The second kappa shape index (κ2) is 5.81. The molecule has 2 N–H and O–H groups in total. The zero-order valence-corrected chi connectivity index (χ0v) is 11.6. The fraction of sp³-hybridized carbons (Fsp3) is 0.0769. The molecule has 0 unspecified atom stereocenters. The third-order valence-corrected chi connectivity index (χ3v) is 3.19. The number of benzene rings is 2. The summed E-state index contributed by atoms with van der Waals surface area (Å²) in [6, 6.07) is 10.4. The van der Waals surface area contributed by atoms with Gasteiger partial charge in [-0.1, -0.05) is 40.9 Å². The molecule has 0 bridgehead atoms. The van der Waals surface area contributed by atoms with Crippen LogP contribution in [0, 0.1) is 0 Å². The van der Waals surface area contributed by atoms with Gasteiger partial charge in [-0.15, -0.1) is 0 Å². The molecule has 0 heterocycles. The first kappa shape index (κ1) is 13.5. The molecule has 0 aromatic heterocycles. The summed E-state index contributed by atoms with van der Waals surface area (Å²) in [6.45, 7) is 0.428. The van der Waals surface area contributed by atoms with Gasteiger partial charge in [-0.2, -0.15) is 0 Å². The van der Waals surface area contributed by atoms with Gasteiger partial charge in [-0.05, 0) is 29.8 Å². The maximum absolute atomic E-state index is 6.09. The summed E-state index contributed by atoms with van der Waals surface area (Å²) in [6.07, 6.45) is 0. The summed E-state index contributed by atoms with van der Waals surface area (Å²) in [5.74, 6) is 0.976. The molecule has 0 saturated heterocycles. The van der Waals surface area contributed by atoms with Gasteiger partial charge in [0.25, 0.3) is 0 Å². The molecule has 0 amide bonds. The van der Waals surface area contributed by atoms with E-state index in [1.54, 1.807) is 30.3 Å². The van der Waals surface area contributed by atoms with Crippen LogP contribution in [0.15, 0.2) is 36.4 Å². The second-order valence-corrected chi connectivity index (χ2v) is 4.90. The summed E-state index contributed by atoms with van der Waals surface area (Å²) >= 11 is 18.0. The Balaban J connectivity index is 2.31. The molecule has 0 spiro atoms. The minimum atomic E-state index is 0.428. The first-order valence-corrected chi connectivity index (χ1v) is 6.35. The predicted molar refractivity (Wildman–Crippen MR) is 75.9 cm³/mol. The standard InChI is InChI=1S/C13H10Cl3NO/c14-9-2-3-10(15)13(6-9)18-12-4-1-8(7-17)5-11(12)16/h1-6H,7,17H2. The quantitative estimate of drug-likeness (QED) is 0.875. The molecular weight excluding hydrogens is 293 g/mol. The molecule has 0 saturated carbocycles. The third-order valence-electron chi connectivity index (χ3n) is 2.35. The zero-order valence-electron chi connectivity index (χ0n) is 9.29. The summed E-state index contributed by atoms with van der Waals surface area (Å²) in [5, 5.41) is 1.50. The van der Waals surface area contributed by atoms with Crippen molar-refractivity contribution in [2.75, 3.05) is 0 Å². The van der Waals surface area contributed by atoms with Crippen LogP contribution in [0.3, 0.4) is 0 Å². The molecule has 2 aromatic carbocycles. The fourth-order valence-electron chi connectivity index (χ4n) is 1.43. The number of ether oxygens (including phenoxy) is 1. The Morgan fingerprint density at radius 3 is 2.33 bits per heavy atom. The van der Waals surface area contributed by atoms with Gasteiger partial charge in [0.2, 0.25) is 0 Å². The Labute approximate surface area is 120 Å². The average molecular weight is 303 g/mol. The maximum atomic E-state index is 6.09. The van der Waals surface area contributed by atoms with E-state index in [0.29, 0.717) is 33.1 Å². The SMILES string of the molecule is NCc1ccc(Oc2cc(Cl)ccc2Cl)c(Cl)c1. The van der Waals surface area contributed by atoms with Crippen LogP contribution in [-0.2, 0) is 6.54 Å². The van der Waals surface area contributed by atoms with Gasteiger partial charge in [0.05, 0.1) is 10.0 Å². The van der Waals surface area contributed by atoms with Crippen molar-refractivity contribution in [3.63, 3.8) is 0 Å². The number of hydrogen-bond acceptors (Lipinski definition) is 2. The van der Waals surface area contributed by atoms with E-state index in [9.17, 15) is 0 Å². The third kappa shape index (κ3) is 3.09. The van der Waals surface area contributed by atoms with Crippen molar-refractivity contribution in [3.05, 3.63) is 57.0 Å². The fourth-order valence-corrected chi connectivity index (χ4v) is 1.99. The van der Waals surface area contributed by atoms with Gasteiger partial charge in [0.1, 0.15) is 11.5 Å². The number of halogens is 3. The van der Waals surface area contributed by atoms with Crippen molar-refractivity contribution < 1.29 is 4.74 Å². The highest BCUT2D eigenvalue weighted by Gasteiger charge is 2.08. The molecule has 94 valence electrons. The average Bonchev–Trinajstić information content (AvgIpc) is 2.36. The predicted octanol–water partition coefficient (Wildman–Crippen LogP) is 4.90. The summed E-state index contributed by atoms with van der Waals surface area (Å²) in [4.78, 5) is 0. The second-order valence-electron chi connectivity index (χ2n) is 3.65. The van der Waals surface area contributed by atoms with Gasteiger partial charge in [-0.3, -0.25) is 0 Å². The van der Waals surface area contributed by atoms with Crippen LogP contribution in [0.25, 0.3) is 0 Å². The van der Waals surface area contributed by atoms with Crippen molar-refractivity contribution in [2.45, 2.75) is 6.54 Å². The Kier molecular flexibility index (Phi) is 4.36. The van der Waals surface area contributed by atoms with E-state index in [4.69, 9.17) is 45.3 Å². The van der Waals surface area contributed by atoms with Crippen LogP contribution in [-0.4, -0.2) is 0 Å². The van der Waals surface area contributed by atoms with Gasteiger partial charge in [-0.25, -0.2) is 0 Å². The lowest BCUT2D eigenvalue weighted by Gasteiger charge is -2.10. The smallest absolute Gasteiger partial charge is 0.147 e. The topological polar surface area (TPSA) is 35.2 Å². The van der Waals surface area contributed by atoms with Crippen molar-refractivity contribution >= 4 is 34.8 Å². The van der Waals surface area contributed by atoms with E-state index in [1.165, 1.54) is 0 Å². The summed E-state index contributed by atoms with van der Waals surface area (Å²) < 4.78 is 5.63. The van der Waals surface area contributed by atoms with Gasteiger partial charge in [0.15, 0.2) is 0 Å². The molecule has 0 aliphatic rings. The molecule has 0 atom stereocenters. The van der Waals surface area contributed by atoms with Gasteiger partial charge >= 0.3 is 0 Å². The van der Waals surface area contributed by atoms with E-state index >= 15 is 0 Å². The molecule has 0 fully saturated rings. The minimum Gasteiger partial charge on any atom is -0.454 e. The van der Waals surface area contributed by atoms with Crippen molar-refractivity contribution in [1.29, 1.82) is 0 Å². The van der Waals surface area contributed by atoms with E-state index in [1.807, 2.05) is 6.07 Å². The summed E-state index contributed by atoms with van der Waals surface area (Å²) in [5.41, 5.74) is 6.46. The highest BCUT2D eigenvalue weighted by atomic mass is 35.5. The lowest BCUT2D eigenvalue weighted by Crippen LogP contribution is -1.96. The van der Waals surface area contributed by atoms with Crippen molar-refractivity contribution in [1.82, 2.24) is 0 Å². The van der Waals surface area contributed by atoms with E-state index < -0.39 is 0 Å². The van der Waals surface area contributed by atoms with Crippen LogP contribution < -0.4 is 10.5 Å². The largest absolute Gasteiger partial charge is 0.454 e.